The minimum atomic E-state index is -4.56. The first-order valence-corrected chi connectivity index (χ1v) is 7.53. The number of carbonyl (C=O) groups excluding carboxylic acids is 2. The maximum Gasteiger partial charge on any atom is 0.416 e. The Labute approximate surface area is 145 Å². The summed E-state index contributed by atoms with van der Waals surface area (Å²) < 4.78 is 43.5. The lowest BCUT2D eigenvalue weighted by molar-refractivity contribution is -0.137. The summed E-state index contributed by atoms with van der Waals surface area (Å²) in [6, 6.07) is 10.9. The molecule has 134 valence electrons. The smallest absolute Gasteiger partial charge is 0.416 e. The summed E-state index contributed by atoms with van der Waals surface area (Å²) >= 11 is 0. The highest BCUT2D eigenvalue weighted by Crippen LogP contribution is 2.29. The average molecular weight is 362 g/mol. The second-order valence-electron chi connectivity index (χ2n) is 5.54. The molecule has 1 heterocycles. The number of hydrogen-bond donors (Lipinski definition) is 2. The Bertz CT molecular complexity index is 993. The average Bonchev–Trinajstić information content (AvgIpc) is 2.96. The highest BCUT2D eigenvalue weighted by atomic mass is 19.4. The van der Waals surface area contributed by atoms with E-state index in [4.69, 9.17) is 4.42 Å². The van der Waals surface area contributed by atoms with E-state index in [2.05, 4.69) is 10.9 Å². The quantitative estimate of drug-likeness (QED) is 0.681. The Hall–Kier alpha value is -3.29. The van der Waals surface area contributed by atoms with Crippen LogP contribution in [0.4, 0.5) is 13.2 Å². The molecule has 0 saturated heterocycles. The lowest BCUT2D eigenvalue weighted by Crippen LogP contribution is -2.41. The van der Waals surface area contributed by atoms with Crippen LogP contribution in [-0.4, -0.2) is 11.8 Å². The number of aryl methyl sites for hydroxylation is 1. The number of fused-ring (bicyclic) bond motifs is 1. The van der Waals surface area contributed by atoms with Gasteiger partial charge in [-0.3, -0.25) is 20.4 Å². The highest BCUT2D eigenvalue weighted by Gasteiger charge is 2.31. The molecular formula is C18H13F3N2O3. The molecule has 1 aromatic heterocycles. The number of amides is 2. The van der Waals surface area contributed by atoms with Crippen LogP contribution in [0.3, 0.4) is 0 Å². The van der Waals surface area contributed by atoms with Crippen molar-refractivity contribution in [3.05, 3.63) is 71.0 Å². The topological polar surface area (TPSA) is 71.3 Å². The van der Waals surface area contributed by atoms with Gasteiger partial charge in [0.15, 0.2) is 5.76 Å². The third kappa shape index (κ3) is 3.39. The van der Waals surface area contributed by atoms with E-state index in [-0.39, 0.29) is 11.3 Å². The van der Waals surface area contributed by atoms with Crippen molar-refractivity contribution >= 4 is 22.8 Å². The lowest BCUT2D eigenvalue weighted by atomic mass is 10.1. The minimum Gasteiger partial charge on any atom is -0.451 e. The first-order chi connectivity index (χ1) is 12.3. The summed E-state index contributed by atoms with van der Waals surface area (Å²) in [5, 5.41) is 0.752. The highest BCUT2D eigenvalue weighted by molar-refractivity contribution is 6.01. The van der Waals surface area contributed by atoms with Crippen LogP contribution in [0.2, 0.25) is 0 Å². The molecule has 3 rings (SSSR count). The van der Waals surface area contributed by atoms with Gasteiger partial charge in [-0.2, -0.15) is 13.2 Å². The summed E-state index contributed by atoms with van der Waals surface area (Å²) in [6.45, 7) is 1.69. The molecule has 0 atom stereocenters. The van der Waals surface area contributed by atoms with Gasteiger partial charge in [0.2, 0.25) is 0 Å². The van der Waals surface area contributed by atoms with Crippen molar-refractivity contribution in [3.8, 4) is 0 Å². The van der Waals surface area contributed by atoms with Crippen molar-refractivity contribution in [1.82, 2.24) is 10.9 Å². The molecule has 2 amide bonds. The maximum absolute atomic E-state index is 12.7. The fourth-order valence-electron chi connectivity index (χ4n) is 2.47. The van der Waals surface area contributed by atoms with Crippen LogP contribution < -0.4 is 10.9 Å². The molecule has 2 aromatic carbocycles. The van der Waals surface area contributed by atoms with Gasteiger partial charge in [0.1, 0.15) is 5.58 Å². The fraction of sp³-hybridized carbons (Fsp3) is 0.111. The van der Waals surface area contributed by atoms with Gasteiger partial charge >= 0.3 is 12.1 Å². The standard InChI is InChI=1S/C18H13F3N2O3/c1-10-13-7-2-3-8-14(13)26-15(10)17(25)23-22-16(24)11-5-4-6-12(9-11)18(19,20)21/h2-9H,1H3,(H,22,24)(H,23,25). The monoisotopic (exact) mass is 362 g/mol. The Balaban J connectivity index is 1.73. The van der Waals surface area contributed by atoms with Crippen LogP contribution in [0.25, 0.3) is 11.0 Å². The van der Waals surface area contributed by atoms with E-state index >= 15 is 0 Å². The summed E-state index contributed by atoms with van der Waals surface area (Å²) in [4.78, 5) is 24.2. The molecule has 0 bridgehead atoms. The molecule has 0 radical (unpaired) electrons. The second kappa shape index (κ2) is 6.55. The van der Waals surface area contributed by atoms with Crippen molar-refractivity contribution in [2.45, 2.75) is 13.1 Å². The molecule has 2 N–H and O–H groups in total. The normalized spacial score (nSPS) is 11.4. The van der Waals surface area contributed by atoms with Gasteiger partial charge in [-0.25, -0.2) is 0 Å². The number of para-hydroxylation sites is 1. The van der Waals surface area contributed by atoms with Gasteiger partial charge < -0.3 is 4.42 Å². The number of hydrazine groups is 1. The summed E-state index contributed by atoms with van der Waals surface area (Å²) in [5.41, 5.74) is 4.14. The van der Waals surface area contributed by atoms with E-state index in [1.165, 1.54) is 6.07 Å². The van der Waals surface area contributed by atoms with Crippen molar-refractivity contribution < 1.29 is 27.2 Å². The summed E-state index contributed by atoms with van der Waals surface area (Å²) in [7, 11) is 0. The van der Waals surface area contributed by atoms with Gasteiger partial charge in [0.05, 0.1) is 5.56 Å². The van der Waals surface area contributed by atoms with Crippen molar-refractivity contribution in [2.24, 2.45) is 0 Å². The van der Waals surface area contributed by atoms with E-state index in [9.17, 15) is 22.8 Å². The van der Waals surface area contributed by atoms with Crippen LogP contribution in [-0.2, 0) is 6.18 Å². The Morgan fingerprint density at radius 1 is 0.962 bits per heavy atom. The SMILES string of the molecule is Cc1c(C(=O)NNC(=O)c2cccc(C(F)(F)F)c2)oc2ccccc12. The Morgan fingerprint density at radius 2 is 1.65 bits per heavy atom. The number of nitrogens with one attached hydrogen (secondary N) is 2. The van der Waals surface area contributed by atoms with Gasteiger partial charge in [-0.1, -0.05) is 24.3 Å². The maximum atomic E-state index is 12.7. The molecule has 0 fully saturated rings. The van der Waals surface area contributed by atoms with E-state index in [1.807, 2.05) is 0 Å². The van der Waals surface area contributed by atoms with Crippen molar-refractivity contribution in [3.63, 3.8) is 0 Å². The van der Waals surface area contributed by atoms with Crippen LogP contribution in [0.5, 0.6) is 0 Å². The predicted octanol–water partition coefficient (Wildman–Crippen LogP) is 3.83. The zero-order valence-electron chi connectivity index (χ0n) is 13.5. The van der Waals surface area contributed by atoms with Crippen LogP contribution in [0.1, 0.15) is 32.0 Å². The van der Waals surface area contributed by atoms with E-state index in [0.717, 1.165) is 17.5 Å². The fourth-order valence-corrected chi connectivity index (χ4v) is 2.47. The molecule has 0 aliphatic rings. The number of hydrogen-bond acceptors (Lipinski definition) is 3. The van der Waals surface area contributed by atoms with E-state index in [0.29, 0.717) is 17.2 Å². The zero-order chi connectivity index (χ0) is 18.9. The summed E-state index contributed by atoms with van der Waals surface area (Å²) in [5.74, 6) is -1.58. The van der Waals surface area contributed by atoms with E-state index in [1.54, 1.807) is 31.2 Å². The Kier molecular flexibility index (Phi) is 4.41. The first kappa shape index (κ1) is 17.5. The third-order valence-electron chi connectivity index (χ3n) is 3.79. The largest absolute Gasteiger partial charge is 0.451 e. The number of alkyl halides is 3. The number of benzene rings is 2. The first-order valence-electron chi connectivity index (χ1n) is 7.53. The molecule has 5 nitrogen and oxygen atoms in total. The number of halogens is 3. The van der Waals surface area contributed by atoms with Gasteiger partial charge in [0, 0.05) is 16.5 Å². The van der Waals surface area contributed by atoms with Crippen LogP contribution in [0, 0.1) is 6.92 Å². The number of furan rings is 1. The van der Waals surface area contributed by atoms with Crippen molar-refractivity contribution in [2.75, 3.05) is 0 Å². The second-order valence-corrected chi connectivity index (χ2v) is 5.54. The minimum absolute atomic E-state index is 0.00976. The molecule has 0 spiro atoms. The van der Waals surface area contributed by atoms with Crippen LogP contribution in [0.15, 0.2) is 52.9 Å². The Morgan fingerprint density at radius 3 is 2.35 bits per heavy atom. The predicted molar refractivity (Wildman–Crippen MR) is 87.3 cm³/mol. The molecule has 0 aliphatic heterocycles. The molecule has 26 heavy (non-hydrogen) atoms. The molecular weight excluding hydrogens is 349 g/mol. The van der Waals surface area contributed by atoms with Crippen molar-refractivity contribution in [1.29, 1.82) is 0 Å². The molecule has 3 aromatic rings. The molecule has 8 heteroatoms. The molecule has 0 aliphatic carbocycles. The summed E-state index contributed by atoms with van der Waals surface area (Å²) in [6.07, 6.45) is -4.56. The molecule has 0 unspecified atom stereocenters. The van der Waals surface area contributed by atoms with Crippen LogP contribution >= 0.6 is 0 Å². The molecule has 0 saturated carbocycles. The number of carbonyl (C=O) groups is 2. The third-order valence-corrected chi connectivity index (χ3v) is 3.79. The van der Waals surface area contributed by atoms with Gasteiger partial charge in [-0.15, -0.1) is 0 Å². The van der Waals surface area contributed by atoms with E-state index < -0.39 is 23.6 Å². The number of rotatable bonds is 2. The van der Waals surface area contributed by atoms with Gasteiger partial charge in [0.25, 0.3) is 5.91 Å². The van der Waals surface area contributed by atoms with Gasteiger partial charge in [-0.05, 0) is 31.2 Å². The lowest BCUT2D eigenvalue weighted by Gasteiger charge is -2.09. The zero-order valence-corrected chi connectivity index (χ0v) is 13.5.